The first-order valence-electron chi connectivity index (χ1n) is 4.77. The average Bonchev–Trinajstić information content (AvgIpc) is 2.81. The van der Waals surface area contributed by atoms with Gasteiger partial charge in [-0.1, -0.05) is 16.8 Å². The third kappa shape index (κ3) is 2.02. The predicted molar refractivity (Wildman–Crippen MR) is 60.4 cm³/mol. The maximum Gasteiger partial charge on any atom is 0.374 e. The second kappa shape index (κ2) is 4.66. The lowest BCUT2D eigenvalue weighted by atomic mass is 10.1. The number of benzene rings is 1. The summed E-state index contributed by atoms with van der Waals surface area (Å²) in [5.74, 6) is -2.26. The maximum atomic E-state index is 13.9. The van der Waals surface area contributed by atoms with E-state index in [0.717, 1.165) is 6.07 Å². The molecule has 0 aliphatic heterocycles. The van der Waals surface area contributed by atoms with Crippen molar-refractivity contribution >= 4 is 17.6 Å². The summed E-state index contributed by atoms with van der Waals surface area (Å²) in [6.07, 6.45) is 0. The van der Waals surface area contributed by atoms with Gasteiger partial charge in [0.25, 0.3) is 0 Å². The molecule has 0 unspecified atom stereocenters. The summed E-state index contributed by atoms with van der Waals surface area (Å²) < 4.78 is 23.4. The molecule has 0 atom stereocenters. The van der Waals surface area contributed by atoms with Crippen LogP contribution in [0.1, 0.15) is 10.6 Å². The topological polar surface area (TPSA) is 72.6 Å². The first-order valence-corrected chi connectivity index (χ1v) is 5.14. The van der Waals surface area contributed by atoms with E-state index in [1.165, 1.54) is 19.2 Å². The molecule has 0 amide bonds. The molecule has 1 aromatic carbocycles. The molecule has 1 N–H and O–H groups in total. The Morgan fingerprint density at radius 3 is 2.83 bits per heavy atom. The van der Waals surface area contributed by atoms with Crippen molar-refractivity contribution in [2.45, 2.75) is 0 Å². The van der Waals surface area contributed by atoms with Crippen LogP contribution in [0.5, 0.6) is 5.75 Å². The van der Waals surface area contributed by atoms with Crippen molar-refractivity contribution in [3.63, 3.8) is 0 Å². The molecule has 0 saturated carbocycles. The fraction of sp³-hybridized carbons (Fsp3) is 0.0909. The van der Waals surface area contributed by atoms with Crippen LogP contribution in [0.3, 0.4) is 0 Å². The number of carboxylic acids is 1. The van der Waals surface area contributed by atoms with Crippen LogP contribution in [-0.4, -0.2) is 23.3 Å². The summed E-state index contributed by atoms with van der Waals surface area (Å²) in [4.78, 5) is 10.7. The lowest BCUT2D eigenvalue weighted by Gasteiger charge is -2.07. The monoisotopic (exact) mass is 271 g/mol. The van der Waals surface area contributed by atoms with Crippen LogP contribution in [0, 0.1) is 5.82 Å². The molecule has 2 aromatic rings. The molecule has 0 aliphatic carbocycles. The largest absolute Gasteiger partial charge is 0.496 e. The lowest BCUT2D eigenvalue weighted by Crippen LogP contribution is -1.93. The number of hydrogen-bond donors (Lipinski definition) is 1. The van der Waals surface area contributed by atoms with E-state index in [4.69, 9.17) is 21.4 Å². The zero-order chi connectivity index (χ0) is 13.3. The molecule has 0 aliphatic rings. The summed E-state index contributed by atoms with van der Waals surface area (Å²) in [6, 6.07) is 3.88. The number of carboxylic acid groups (broad SMARTS) is 1. The summed E-state index contributed by atoms with van der Waals surface area (Å²) in [7, 11) is 1.35. The summed E-state index contributed by atoms with van der Waals surface area (Å²) in [6.45, 7) is 0. The zero-order valence-electron chi connectivity index (χ0n) is 9.11. The highest BCUT2D eigenvalue weighted by Gasteiger charge is 2.20. The molecule has 0 spiro atoms. The number of halogens is 2. The number of rotatable bonds is 3. The Hall–Kier alpha value is -2.08. The summed E-state index contributed by atoms with van der Waals surface area (Å²) in [5.41, 5.74) is -0.0366. The Morgan fingerprint density at radius 1 is 1.56 bits per heavy atom. The van der Waals surface area contributed by atoms with Crippen molar-refractivity contribution in [3.8, 4) is 17.0 Å². The molecule has 2 rings (SSSR count). The Labute approximate surface area is 106 Å². The first kappa shape index (κ1) is 12.4. The van der Waals surface area contributed by atoms with Gasteiger partial charge in [0.05, 0.1) is 17.7 Å². The van der Waals surface area contributed by atoms with Crippen molar-refractivity contribution in [1.29, 1.82) is 0 Å². The molecule has 94 valence electrons. The zero-order valence-corrected chi connectivity index (χ0v) is 9.86. The van der Waals surface area contributed by atoms with Crippen molar-refractivity contribution in [2.24, 2.45) is 0 Å². The van der Waals surface area contributed by atoms with Gasteiger partial charge >= 0.3 is 5.97 Å². The van der Waals surface area contributed by atoms with E-state index in [9.17, 15) is 9.18 Å². The fourth-order valence-corrected chi connectivity index (χ4v) is 1.59. The van der Waals surface area contributed by atoms with Crippen molar-refractivity contribution in [1.82, 2.24) is 5.16 Å². The average molecular weight is 272 g/mol. The quantitative estimate of drug-likeness (QED) is 0.929. The third-order valence-corrected chi connectivity index (χ3v) is 2.55. The molecule has 7 heteroatoms. The molecule has 1 aromatic heterocycles. The normalized spacial score (nSPS) is 10.4. The van der Waals surface area contributed by atoms with E-state index in [1.807, 2.05) is 0 Å². The third-order valence-electron chi connectivity index (χ3n) is 2.25. The van der Waals surface area contributed by atoms with Crippen LogP contribution in [0.25, 0.3) is 11.3 Å². The molecule has 0 fully saturated rings. The highest BCUT2D eigenvalue weighted by Crippen LogP contribution is 2.35. The van der Waals surface area contributed by atoms with Gasteiger partial charge in [0.2, 0.25) is 5.76 Å². The molecular weight excluding hydrogens is 265 g/mol. The van der Waals surface area contributed by atoms with E-state index in [1.54, 1.807) is 0 Å². The number of nitrogens with zero attached hydrogens (tertiary/aromatic N) is 1. The molecular formula is C11H7ClFNO4. The van der Waals surface area contributed by atoms with E-state index in [0.29, 0.717) is 0 Å². The minimum Gasteiger partial charge on any atom is -0.496 e. The highest BCUT2D eigenvalue weighted by molar-refractivity contribution is 6.31. The fourth-order valence-electron chi connectivity index (χ4n) is 1.44. The summed E-state index contributed by atoms with van der Waals surface area (Å²) in [5, 5.41) is 12.1. The number of ether oxygens (including phenoxy) is 1. The van der Waals surface area contributed by atoms with Crippen molar-refractivity contribution in [2.75, 3.05) is 7.11 Å². The van der Waals surface area contributed by atoms with Gasteiger partial charge in [0, 0.05) is 6.07 Å². The standard InChI is InChI=1S/C11H7ClFNO4/c1-17-7-3-2-5(12)10(13)9(7)6-4-8(11(15)16)18-14-6/h2-4H,1H3,(H,15,16). The smallest absolute Gasteiger partial charge is 0.374 e. The Kier molecular flexibility index (Phi) is 3.20. The van der Waals surface area contributed by atoms with Crippen LogP contribution in [-0.2, 0) is 0 Å². The van der Waals surface area contributed by atoms with Crippen LogP contribution < -0.4 is 4.74 Å². The van der Waals surface area contributed by atoms with Crippen LogP contribution >= 0.6 is 11.6 Å². The SMILES string of the molecule is COc1ccc(Cl)c(F)c1-c1cc(C(=O)O)on1. The second-order valence-electron chi connectivity index (χ2n) is 3.32. The van der Waals surface area contributed by atoms with Gasteiger partial charge in [-0.25, -0.2) is 9.18 Å². The van der Waals surface area contributed by atoms with E-state index < -0.39 is 17.5 Å². The van der Waals surface area contributed by atoms with Gasteiger partial charge in [-0.2, -0.15) is 0 Å². The molecule has 5 nitrogen and oxygen atoms in total. The van der Waals surface area contributed by atoms with Gasteiger partial charge in [-0.05, 0) is 12.1 Å². The molecule has 0 saturated heterocycles. The Bertz CT molecular complexity index is 611. The number of aromatic nitrogens is 1. The highest BCUT2D eigenvalue weighted by atomic mass is 35.5. The number of methoxy groups -OCH3 is 1. The van der Waals surface area contributed by atoms with Gasteiger partial charge in [-0.15, -0.1) is 0 Å². The lowest BCUT2D eigenvalue weighted by molar-refractivity contribution is 0.0652. The van der Waals surface area contributed by atoms with Gasteiger partial charge in [0.15, 0.2) is 5.82 Å². The summed E-state index contributed by atoms with van der Waals surface area (Å²) >= 11 is 5.66. The minimum atomic E-state index is -1.30. The number of hydrogen-bond acceptors (Lipinski definition) is 4. The van der Waals surface area contributed by atoms with E-state index in [2.05, 4.69) is 9.68 Å². The molecule has 0 bridgehead atoms. The number of carbonyl (C=O) groups is 1. The first-order chi connectivity index (χ1) is 8.54. The van der Waals surface area contributed by atoms with Crippen LogP contribution in [0.4, 0.5) is 4.39 Å². The maximum absolute atomic E-state index is 13.9. The second-order valence-corrected chi connectivity index (χ2v) is 3.73. The molecule has 1 heterocycles. The molecule has 0 radical (unpaired) electrons. The number of aromatic carboxylic acids is 1. The van der Waals surface area contributed by atoms with Crippen LogP contribution in [0.15, 0.2) is 22.7 Å². The van der Waals surface area contributed by atoms with E-state index in [-0.39, 0.29) is 22.0 Å². The Balaban J connectivity index is 2.61. The van der Waals surface area contributed by atoms with Crippen molar-refractivity contribution in [3.05, 3.63) is 34.8 Å². The predicted octanol–water partition coefficient (Wildman–Crippen LogP) is 2.84. The van der Waals surface area contributed by atoms with E-state index >= 15 is 0 Å². The van der Waals surface area contributed by atoms with Crippen LogP contribution in [0.2, 0.25) is 5.02 Å². The molecule has 18 heavy (non-hydrogen) atoms. The Morgan fingerprint density at radius 2 is 2.28 bits per heavy atom. The van der Waals surface area contributed by atoms with Gasteiger partial charge in [0.1, 0.15) is 11.4 Å². The van der Waals surface area contributed by atoms with Crippen molar-refractivity contribution < 1.29 is 23.6 Å². The minimum absolute atomic E-state index is 0.00394. The van der Waals surface area contributed by atoms with Gasteiger partial charge in [-0.3, -0.25) is 0 Å². The van der Waals surface area contributed by atoms with Gasteiger partial charge < -0.3 is 14.4 Å².